The lowest BCUT2D eigenvalue weighted by molar-refractivity contribution is -0.122. The molecule has 7 heteroatoms. The molecule has 5 nitrogen and oxygen atoms in total. The van der Waals surface area contributed by atoms with Crippen LogP contribution in [0.4, 0.5) is 4.39 Å². The highest BCUT2D eigenvalue weighted by molar-refractivity contribution is 7.89. The van der Waals surface area contributed by atoms with Crippen molar-refractivity contribution in [1.82, 2.24) is 10.0 Å². The van der Waals surface area contributed by atoms with E-state index in [2.05, 4.69) is 10.0 Å². The van der Waals surface area contributed by atoms with E-state index < -0.39 is 32.7 Å². The second-order valence-electron chi connectivity index (χ2n) is 6.50. The van der Waals surface area contributed by atoms with Crippen molar-refractivity contribution in [1.29, 1.82) is 0 Å². The fourth-order valence-corrected chi connectivity index (χ4v) is 4.13. The Hall–Kier alpha value is -3.03. The molecule has 29 heavy (non-hydrogen) atoms. The van der Waals surface area contributed by atoms with Gasteiger partial charge in [-0.05, 0) is 29.7 Å². The first-order valence-corrected chi connectivity index (χ1v) is 10.6. The zero-order chi connectivity index (χ0) is 20.7. The maximum atomic E-state index is 14.0. The van der Waals surface area contributed by atoms with Crippen molar-refractivity contribution >= 4 is 15.9 Å². The van der Waals surface area contributed by atoms with Crippen molar-refractivity contribution in [2.24, 2.45) is 0 Å². The second-order valence-corrected chi connectivity index (χ2v) is 8.18. The maximum absolute atomic E-state index is 14.0. The lowest BCUT2D eigenvalue weighted by Gasteiger charge is -2.19. The smallest absolute Gasteiger partial charge is 0.244 e. The molecular weight excluding hydrogens is 391 g/mol. The number of halogens is 1. The molecule has 3 aromatic rings. The van der Waals surface area contributed by atoms with Crippen LogP contribution in [0, 0.1) is 5.82 Å². The van der Waals surface area contributed by atoms with Crippen molar-refractivity contribution in [3.63, 3.8) is 0 Å². The van der Waals surface area contributed by atoms with Crippen LogP contribution in [-0.2, 0) is 27.8 Å². The van der Waals surface area contributed by atoms with Crippen LogP contribution >= 0.6 is 0 Å². The van der Waals surface area contributed by atoms with Crippen molar-refractivity contribution in [3.05, 3.63) is 102 Å². The first kappa shape index (κ1) is 20.7. The molecule has 0 aliphatic carbocycles. The average molecular weight is 412 g/mol. The van der Waals surface area contributed by atoms with Gasteiger partial charge in [-0.25, -0.2) is 12.8 Å². The summed E-state index contributed by atoms with van der Waals surface area (Å²) in [5.41, 5.74) is 1.67. The van der Waals surface area contributed by atoms with E-state index in [1.807, 2.05) is 36.4 Å². The molecule has 0 spiro atoms. The minimum absolute atomic E-state index is 0.134. The van der Waals surface area contributed by atoms with Gasteiger partial charge in [0.15, 0.2) is 0 Å². The number of nitrogens with one attached hydrogen (secondary N) is 2. The lowest BCUT2D eigenvalue weighted by Crippen LogP contribution is -2.47. The van der Waals surface area contributed by atoms with Crippen LogP contribution in [0.5, 0.6) is 0 Å². The average Bonchev–Trinajstić information content (AvgIpc) is 2.73. The first-order valence-electron chi connectivity index (χ1n) is 9.08. The molecule has 0 saturated carbocycles. The number of amides is 1. The Kier molecular flexibility index (Phi) is 6.74. The van der Waals surface area contributed by atoms with Gasteiger partial charge in [0, 0.05) is 6.54 Å². The molecule has 0 radical (unpaired) electrons. The molecule has 150 valence electrons. The predicted molar refractivity (Wildman–Crippen MR) is 109 cm³/mol. The molecule has 3 aromatic carbocycles. The van der Waals surface area contributed by atoms with E-state index >= 15 is 0 Å². The monoisotopic (exact) mass is 412 g/mol. The number of rotatable bonds is 8. The van der Waals surface area contributed by atoms with Crippen LogP contribution in [-0.4, -0.2) is 20.4 Å². The highest BCUT2D eigenvalue weighted by Gasteiger charge is 2.27. The van der Waals surface area contributed by atoms with Crippen molar-refractivity contribution in [2.75, 3.05) is 0 Å². The number of hydrogen-bond acceptors (Lipinski definition) is 3. The van der Waals surface area contributed by atoms with Crippen LogP contribution < -0.4 is 10.0 Å². The minimum Gasteiger partial charge on any atom is -0.351 e. The number of hydrogen-bond donors (Lipinski definition) is 2. The molecule has 0 aliphatic rings. The van der Waals surface area contributed by atoms with Crippen LogP contribution in [0.3, 0.4) is 0 Å². The standard InChI is InChI=1S/C22H21FN2O3S/c23-19-13-7-8-14-21(19)29(27,28)25-20(15-17-9-3-1-4-10-17)22(26)24-16-18-11-5-2-6-12-18/h1-14,20,25H,15-16H2,(H,24,26)/t20-/m1/s1. The molecule has 0 aromatic heterocycles. The quantitative estimate of drug-likeness (QED) is 0.597. The van der Waals surface area contributed by atoms with Gasteiger partial charge in [0.1, 0.15) is 16.8 Å². The Bertz CT molecular complexity index is 1060. The molecule has 0 aliphatic heterocycles. The van der Waals surface area contributed by atoms with E-state index in [0.717, 1.165) is 17.2 Å². The third-order valence-electron chi connectivity index (χ3n) is 4.33. The molecule has 0 unspecified atom stereocenters. The van der Waals surface area contributed by atoms with Gasteiger partial charge < -0.3 is 5.32 Å². The lowest BCUT2D eigenvalue weighted by atomic mass is 10.1. The van der Waals surface area contributed by atoms with Gasteiger partial charge in [-0.15, -0.1) is 0 Å². The van der Waals surface area contributed by atoms with E-state index in [4.69, 9.17) is 0 Å². The number of benzene rings is 3. The fraction of sp³-hybridized carbons (Fsp3) is 0.136. The van der Waals surface area contributed by atoms with Crippen molar-refractivity contribution in [2.45, 2.75) is 23.9 Å². The molecule has 0 heterocycles. The number of carbonyl (C=O) groups excluding carboxylic acids is 1. The number of carbonyl (C=O) groups is 1. The predicted octanol–water partition coefficient (Wildman–Crippen LogP) is 3.03. The third kappa shape index (κ3) is 5.73. The molecule has 2 N–H and O–H groups in total. The molecule has 0 saturated heterocycles. The van der Waals surface area contributed by atoms with Gasteiger partial charge in [0.05, 0.1) is 0 Å². The summed E-state index contributed by atoms with van der Waals surface area (Å²) >= 11 is 0. The highest BCUT2D eigenvalue weighted by atomic mass is 32.2. The zero-order valence-electron chi connectivity index (χ0n) is 15.6. The summed E-state index contributed by atoms with van der Waals surface area (Å²) < 4.78 is 41.8. The Morgan fingerprint density at radius 1 is 0.828 bits per heavy atom. The van der Waals surface area contributed by atoms with Crippen LogP contribution in [0.25, 0.3) is 0 Å². The van der Waals surface area contributed by atoms with E-state index in [1.54, 1.807) is 24.3 Å². The number of sulfonamides is 1. The largest absolute Gasteiger partial charge is 0.351 e. The third-order valence-corrected chi connectivity index (χ3v) is 5.84. The van der Waals surface area contributed by atoms with Gasteiger partial charge in [-0.1, -0.05) is 72.8 Å². The minimum atomic E-state index is -4.22. The van der Waals surface area contributed by atoms with Crippen molar-refractivity contribution < 1.29 is 17.6 Å². The van der Waals surface area contributed by atoms with Gasteiger partial charge in [-0.3, -0.25) is 4.79 Å². The molecular formula is C22H21FN2O3S. The summed E-state index contributed by atoms with van der Waals surface area (Å²) in [7, 11) is -4.22. The van der Waals surface area contributed by atoms with E-state index in [0.29, 0.717) is 0 Å². The van der Waals surface area contributed by atoms with E-state index in [9.17, 15) is 17.6 Å². The summed E-state index contributed by atoms with van der Waals surface area (Å²) in [5, 5.41) is 2.75. The normalized spacial score (nSPS) is 12.3. The first-order chi connectivity index (χ1) is 14.0. The second kappa shape index (κ2) is 9.45. The fourth-order valence-electron chi connectivity index (χ4n) is 2.86. The zero-order valence-corrected chi connectivity index (χ0v) is 16.4. The van der Waals surface area contributed by atoms with Crippen LogP contribution in [0.1, 0.15) is 11.1 Å². The Morgan fingerprint density at radius 3 is 2.00 bits per heavy atom. The highest BCUT2D eigenvalue weighted by Crippen LogP contribution is 2.15. The summed E-state index contributed by atoms with van der Waals surface area (Å²) in [6.45, 7) is 0.256. The molecule has 0 fully saturated rings. The van der Waals surface area contributed by atoms with E-state index in [-0.39, 0.29) is 13.0 Å². The van der Waals surface area contributed by atoms with Crippen LogP contribution in [0.15, 0.2) is 89.8 Å². The molecule has 1 atom stereocenters. The molecule has 0 bridgehead atoms. The van der Waals surface area contributed by atoms with Gasteiger partial charge in [-0.2, -0.15) is 4.72 Å². The van der Waals surface area contributed by atoms with Crippen LogP contribution in [0.2, 0.25) is 0 Å². The topological polar surface area (TPSA) is 75.3 Å². The Labute approximate surface area is 169 Å². The SMILES string of the molecule is O=C(NCc1ccccc1)[C@@H](Cc1ccccc1)NS(=O)(=O)c1ccccc1F. The van der Waals surface area contributed by atoms with Gasteiger partial charge in [0.25, 0.3) is 0 Å². The molecule has 3 rings (SSSR count). The summed E-state index contributed by atoms with van der Waals surface area (Å²) in [6, 6.07) is 22.3. The van der Waals surface area contributed by atoms with E-state index in [1.165, 1.54) is 18.2 Å². The summed E-state index contributed by atoms with van der Waals surface area (Å²) in [4.78, 5) is 12.3. The van der Waals surface area contributed by atoms with Crippen molar-refractivity contribution in [3.8, 4) is 0 Å². The summed E-state index contributed by atoms with van der Waals surface area (Å²) in [6.07, 6.45) is 0.134. The Balaban J connectivity index is 1.80. The molecule has 1 amide bonds. The Morgan fingerprint density at radius 2 is 1.38 bits per heavy atom. The van der Waals surface area contributed by atoms with Gasteiger partial charge in [0.2, 0.25) is 15.9 Å². The maximum Gasteiger partial charge on any atom is 0.244 e. The summed E-state index contributed by atoms with van der Waals surface area (Å²) in [5.74, 6) is -1.36. The van der Waals surface area contributed by atoms with Gasteiger partial charge >= 0.3 is 0 Å².